The Morgan fingerprint density at radius 3 is 2.44 bits per heavy atom. The average Bonchev–Trinajstić information content (AvgIpc) is 2.38. The van der Waals surface area contributed by atoms with Crippen LogP contribution in [0.1, 0.15) is 25.0 Å². The van der Waals surface area contributed by atoms with Gasteiger partial charge < -0.3 is 27.6 Å². The maximum Gasteiger partial charge on any atom is 0.130 e. The second-order valence-corrected chi connectivity index (χ2v) is 4.14. The summed E-state index contributed by atoms with van der Waals surface area (Å²) in [6.45, 7) is 2.33. The van der Waals surface area contributed by atoms with Gasteiger partial charge in [-0.05, 0) is 24.6 Å². The van der Waals surface area contributed by atoms with Gasteiger partial charge in [-0.3, -0.25) is 4.39 Å². The van der Waals surface area contributed by atoms with Gasteiger partial charge in [-0.2, -0.15) is 0 Å². The van der Waals surface area contributed by atoms with Crippen LogP contribution in [0.2, 0.25) is 0 Å². The molecule has 1 aromatic rings. The highest BCUT2D eigenvalue weighted by Gasteiger charge is 2.18. The van der Waals surface area contributed by atoms with Crippen molar-refractivity contribution < 1.29 is 32.0 Å². The number of rotatable bonds is 7. The Morgan fingerprint density at radius 2 is 1.94 bits per heavy atom. The van der Waals surface area contributed by atoms with E-state index in [2.05, 4.69) is 0 Å². The molecule has 0 aromatic heterocycles. The third kappa shape index (κ3) is 5.21. The molecule has 0 aliphatic heterocycles. The van der Waals surface area contributed by atoms with Crippen molar-refractivity contribution in [3.8, 4) is 5.75 Å². The van der Waals surface area contributed by atoms with Gasteiger partial charge in [0.2, 0.25) is 0 Å². The first-order valence-electron chi connectivity index (χ1n) is 5.90. The van der Waals surface area contributed by atoms with Crippen LogP contribution in [0.15, 0.2) is 24.3 Å². The molecular formula is C13H21ClFNO2. The van der Waals surface area contributed by atoms with Crippen molar-refractivity contribution in [2.45, 2.75) is 25.5 Å². The van der Waals surface area contributed by atoms with Crippen LogP contribution in [-0.2, 0) is 0 Å². The first kappa shape index (κ1) is 17.2. The van der Waals surface area contributed by atoms with Gasteiger partial charge in [0.05, 0.1) is 20.3 Å². The average molecular weight is 278 g/mol. The quantitative estimate of drug-likeness (QED) is 0.569. The van der Waals surface area contributed by atoms with Crippen molar-refractivity contribution in [3.05, 3.63) is 29.8 Å². The Labute approximate surface area is 114 Å². The molecule has 1 rings (SSSR count). The van der Waals surface area contributed by atoms with Crippen LogP contribution in [0.5, 0.6) is 5.75 Å². The fraction of sp³-hybridized carbons (Fsp3) is 0.538. The molecule has 0 saturated carbocycles. The highest BCUT2D eigenvalue weighted by Crippen LogP contribution is 2.18. The topological polar surface area (TPSA) is 46.1 Å². The van der Waals surface area contributed by atoms with E-state index in [0.29, 0.717) is 13.0 Å². The van der Waals surface area contributed by atoms with Gasteiger partial charge in [0.25, 0.3) is 0 Å². The van der Waals surface area contributed by atoms with Gasteiger partial charge in [0.1, 0.15) is 17.9 Å². The molecule has 0 bridgehead atoms. The van der Waals surface area contributed by atoms with Crippen LogP contribution in [0, 0.1) is 0 Å². The molecule has 0 aliphatic rings. The molecule has 0 heterocycles. The van der Waals surface area contributed by atoms with E-state index in [1.165, 1.54) is 0 Å². The van der Waals surface area contributed by atoms with E-state index in [9.17, 15) is 9.50 Å². The van der Waals surface area contributed by atoms with Crippen molar-refractivity contribution in [2.24, 2.45) is 0 Å². The van der Waals surface area contributed by atoms with Crippen LogP contribution in [-0.4, -0.2) is 31.5 Å². The SMILES string of the molecule is COc1ccc(C(O)C(C)[NH2+]CCCF)cc1.[Cl-]. The fourth-order valence-corrected chi connectivity index (χ4v) is 1.69. The zero-order chi connectivity index (χ0) is 12.7. The monoisotopic (exact) mass is 277 g/mol. The number of benzene rings is 1. The number of halogens is 2. The lowest BCUT2D eigenvalue weighted by Gasteiger charge is -2.17. The number of aliphatic hydroxyl groups is 1. The Morgan fingerprint density at radius 1 is 1.33 bits per heavy atom. The van der Waals surface area contributed by atoms with Crippen molar-refractivity contribution in [1.29, 1.82) is 0 Å². The summed E-state index contributed by atoms with van der Waals surface area (Å²) in [6.07, 6.45) is -0.0137. The van der Waals surface area contributed by atoms with Gasteiger partial charge in [0.15, 0.2) is 0 Å². The van der Waals surface area contributed by atoms with Gasteiger partial charge >= 0.3 is 0 Å². The van der Waals surface area contributed by atoms with Crippen molar-refractivity contribution >= 4 is 0 Å². The molecule has 104 valence electrons. The van der Waals surface area contributed by atoms with E-state index in [-0.39, 0.29) is 25.1 Å². The Hall–Kier alpha value is -0.840. The summed E-state index contributed by atoms with van der Waals surface area (Å²) in [7, 11) is 1.61. The summed E-state index contributed by atoms with van der Waals surface area (Å²) in [5.74, 6) is 0.773. The molecule has 0 fully saturated rings. The highest BCUT2D eigenvalue weighted by atomic mass is 35.5. The molecule has 0 radical (unpaired) electrons. The summed E-state index contributed by atoms with van der Waals surface area (Å²) in [4.78, 5) is 0. The number of ether oxygens (including phenoxy) is 1. The smallest absolute Gasteiger partial charge is 0.130 e. The van der Waals surface area contributed by atoms with Gasteiger partial charge in [-0.15, -0.1) is 0 Å². The van der Waals surface area contributed by atoms with E-state index in [4.69, 9.17) is 4.74 Å². The van der Waals surface area contributed by atoms with Crippen LogP contribution in [0.3, 0.4) is 0 Å². The van der Waals surface area contributed by atoms with Crippen LogP contribution in [0.4, 0.5) is 4.39 Å². The molecule has 0 amide bonds. The zero-order valence-electron chi connectivity index (χ0n) is 10.8. The molecule has 3 nitrogen and oxygen atoms in total. The van der Waals surface area contributed by atoms with Gasteiger partial charge in [0, 0.05) is 6.42 Å². The maximum absolute atomic E-state index is 12.0. The normalized spacial score (nSPS) is 13.6. The van der Waals surface area contributed by atoms with E-state index >= 15 is 0 Å². The Bertz CT molecular complexity index is 321. The molecule has 2 atom stereocenters. The van der Waals surface area contributed by atoms with Gasteiger partial charge in [-0.1, -0.05) is 12.1 Å². The molecule has 5 heteroatoms. The number of hydrogen-bond donors (Lipinski definition) is 2. The number of alkyl halides is 1. The molecular weight excluding hydrogens is 257 g/mol. The minimum Gasteiger partial charge on any atom is -1.00 e. The van der Waals surface area contributed by atoms with Crippen LogP contribution < -0.4 is 22.5 Å². The summed E-state index contributed by atoms with van der Waals surface area (Å²) in [6, 6.07) is 7.38. The lowest BCUT2D eigenvalue weighted by molar-refractivity contribution is -0.694. The number of aliphatic hydroxyl groups excluding tert-OH is 1. The summed E-state index contributed by atoms with van der Waals surface area (Å²) >= 11 is 0. The number of hydrogen-bond acceptors (Lipinski definition) is 2. The van der Waals surface area contributed by atoms with Crippen LogP contribution >= 0.6 is 0 Å². The second-order valence-electron chi connectivity index (χ2n) is 4.14. The van der Waals surface area contributed by atoms with Crippen molar-refractivity contribution in [1.82, 2.24) is 0 Å². The lowest BCUT2D eigenvalue weighted by Crippen LogP contribution is -3.00. The third-order valence-electron chi connectivity index (χ3n) is 2.83. The minimum absolute atomic E-state index is 0. The number of quaternary nitrogens is 1. The summed E-state index contributed by atoms with van der Waals surface area (Å²) in [5, 5.41) is 12.1. The number of nitrogens with two attached hydrogens (primary N) is 1. The molecule has 0 saturated heterocycles. The Balaban J connectivity index is 0.00000289. The highest BCUT2D eigenvalue weighted by molar-refractivity contribution is 5.28. The molecule has 3 N–H and O–H groups in total. The largest absolute Gasteiger partial charge is 1.00 e. The summed E-state index contributed by atoms with van der Waals surface area (Å²) in [5.41, 5.74) is 0.856. The molecule has 0 spiro atoms. The first-order valence-corrected chi connectivity index (χ1v) is 5.90. The zero-order valence-corrected chi connectivity index (χ0v) is 11.5. The van der Waals surface area contributed by atoms with E-state index < -0.39 is 6.10 Å². The van der Waals surface area contributed by atoms with Crippen molar-refractivity contribution in [2.75, 3.05) is 20.3 Å². The molecule has 18 heavy (non-hydrogen) atoms. The lowest BCUT2D eigenvalue weighted by atomic mass is 10.0. The molecule has 0 aliphatic carbocycles. The molecule has 1 aromatic carbocycles. The maximum atomic E-state index is 12.0. The Kier molecular flexibility index (Phi) is 8.71. The first-order chi connectivity index (χ1) is 8.19. The standard InChI is InChI=1S/C13H20FNO2.ClH/c1-10(15-9-3-8-14)13(16)11-4-6-12(17-2)7-5-11;/h4-7,10,13,15-16H,3,8-9H2,1-2H3;1H. The predicted molar refractivity (Wildman–Crippen MR) is 64.8 cm³/mol. The van der Waals surface area contributed by atoms with E-state index in [1.807, 2.05) is 36.5 Å². The van der Waals surface area contributed by atoms with E-state index in [0.717, 1.165) is 11.3 Å². The third-order valence-corrected chi connectivity index (χ3v) is 2.83. The second kappa shape index (κ2) is 9.14. The number of methoxy groups -OCH3 is 1. The fourth-order valence-electron chi connectivity index (χ4n) is 1.69. The minimum atomic E-state index is -0.541. The predicted octanol–water partition coefficient (Wildman–Crippen LogP) is -1.96. The van der Waals surface area contributed by atoms with Crippen LogP contribution in [0.25, 0.3) is 0 Å². The molecule has 2 unspecified atom stereocenters. The van der Waals surface area contributed by atoms with Crippen molar-refractivity contribution in [3.63, 3.8) is 0 Å². The van der Waals surface area contributed by atoms with E-state index in [1.54, 1.807) is 7.11 Å². The summed E-state index contributed by atoms with van der Waals surface area (Å²) < 4.78 is 17.0. The van der Waals surface area contributed by atoms with Gasteiger partial charge in [-0.25, -0.2) is 0 Å².